The minimum absolute atomic E-state index is 0.0761. The Morgan fingerprint density at radius 1 is 1.24 bits per heavy atom. The molecule has 1 saturated carbocycles. The van der Waals surface area contributed by atoms with Crippen LogP contribution in [0.15, 0.2) is 30.3 Å². The van der Waals surface area contributed by atoms with Gasteiger partial charge in [-0.05, 0) is 18.4 Å². The Bertz CT molecular complexity index is 371. The van der Waals surface area contributed by atoms with Crippen LogP contribution in [0.2, 0.25) is 0 Å². The van der Waals surface area contributed by atoms with Crippen LogP contribution < -0.4 is 5.32 Å². The minimum Gasteiger partial charge on any atom is -0.354 e. The van der Waals surface area contributed by atoms with E-state index < -0.39 is 0 Å². The fourth-order valence-corrected chi connectivity index (χ4v) is 2.92. The van der Waals surface area contributed by atoms with E-state index >= 15 is 0 Å². The largest absolute Gasteiger partial charge is 0.354 e. The number of hydrogen-bond donors (Lipinski definition) is 1. The van der Waals surface area contributed by atoms with Crippen LogP contribution in [0.3, 0.4) is 0 Å². The van der Waals surface area contributed by atoms with E-state index in [1.54, 1.807) is 0 Å². The summed E-state index contributed by atoms with van der Waals surface area (Å²) in [7, 11) is 0. The highest BCUT2D eigenvalue weighted by Crippen LogP contribution is 2.40. The Morgan fingerprint density at radius 2 is 1.88 bits per heavy atom. The molecule has 17 heavy (non-hydrogen) atoms. The van der Waals surface area contributed by atoms with Gasteiger partial charge >= 0.3 is 0 Å². The second-order valence-corrected chi connectivity index (χ2v) is 5.32. The third-order valence-corrected chi connectivity index (χ3v) is 4.20. The van der Waals surface area contributed by atoms with Gasteiger partial charge in [-0.25, -0.2) is 0 Å². The average molecular weight is 296 g/mol. The standard InChI is InChI=1S/C14H18BrNO/c15-10-13(17)16-11-14(8-4-5-9-14)12-6-2-1-3-7-12/h1-3,6-7H,4-5,8-11H2,(H,16,17). The van der Waals surface area contributed by atoms with Crippen LogP contribution >= 0.6 is 15.9 Å². The van der Waals surface area contributed by atoms with Crippen molar-refractivity contribution in [2.45, 2.75) is 31.1 Å². The van der Waals surface area contributed by atoms with E-state index in [1.807, 2.05) is 6.07 Å². The molecule has 1 aliphatic carbocycles. The van der Waals surface area contributed by atoms with Crippen LogP contribution in [0.1, 0.15) is 31.2 Å². The maximum absolute atomic E-state index is 11.4. The monoisotopic (exact) mass is 295 g/mol. The molecule has 1 N–H and O–H groups in total. The zero-order valence-electron chi connectivity index (χ0n) is 9.92. The zero-order chi connectivity index (χ0) is 12.1. The van der Waals surface area contributed by atoms with Crippen LogP contribution in [0.4, 0.5) is 0 Å². The molecule has 2 nitrogen and oxygen atoms in total. The van der Waals surface area contributed by atoms with E-state index in [-0.39, 0.29) is 11.3 Å². The van der Waals surface area contributed by atoms with Gasteiger partial charge in [0.2, 0.25) is 5.91 Å². The molecular formula is C14H18BrNO. The summed E-state index contributed by atoms with van der Waals surface area (Å²) >= 11 is 3.19. The Balaban J connectivity index is 2.13. The van der Waals surface area contributed by atoms with E-state index in [0.717, 1.165) is 6.54 Å². The Hall–Kier alpha value is -0.830. The number of nitrogens with one attached hydrogen (secondary N) is 1. The lowest BCUT2D eigenvalue weighted by molar-refractivity contribution is -0.118. The molecule has 1 fully saturated rings. The molecule has 0 spiro atoms. The first kappa shape index (κ1) is 12.6. The van der Waals surface area contributed by atoms with Gasteiger partial charge in [0, 0.05) is 12.0 Å². The molecular weight excluding hydrogens is 278 g/mol. The second kappa shape index (κ2) is 5.67. The first-order chi connectivity index (χ1) is 8.27. The lowest BCUT2D eigenvalue weighted by Gasteiger charge is -2.29. The predicted octanol–water partition coefficient (Wildman–Crippen LogP) is 3.01. The molecule has 0 saturated heterocycles. The number of benzene rings is 1. The number of halogens is 1. The van der Waals surface area contributed by atoms with Crippen molar-refractivity contribution in [1.82, 2.24) is 5.32 Å². The Labute approximate surface area is 111 Å². The molecule has 0 radical (unpaired) electrons. The van der Waals surface area contributed by atoms with Gasteiger partial charge in [0.05, 0.1) is 5.33 Å². The Morgan fingerprint density at radius 3 is 2.47 bits per heavy atom. The summed E-state index contributed by atoms with van der Waals surface area (Å²) < 4.78 is 0. The molecule has 0 heterocycles. The number of carbonyl (C=O) groups is 1. The topological polar surface area (TPSA) is 29.1 Å². The first-order valence-electron chi connectivity index (χ1n) is 6.15. The number of carbonyl (C=O) groups excluding carboxylic acids is 1. The number of amides is 1. The van der Waals surface area contributed by atoms with Gasteiger partial charge < -0.3 is 5.32 Å². The molecule has 2 rings (SSSR count). The van der Waals surface area contributed by atoms with Crippen molar-refractivity contribution in [1.29, 1.82) is 0 Å². The van der Waals surface area contributed by atoms with Gasteiger partial charge in [0.25, 0.3) is 0 Å². The third-order valence-electron chi connectivity index (χ3n) is 3.69. The highest BCUT2D eigenvalue weighted by molar-refractivity contribution is 9.09. The van der Waals surface area contributed by atoms with E-state index in [0.29, 0.717) is 5.33 Å². The maximum Gasteiger partial charge on any atom is 0.230 e. The molecule has 0 bridgehead atoms. The summed E-state index contributed by atoms with van der Waals surface area (Å²) in [6.07, 6.45) is 4.89. The van der Waals surface area contributed by atoms with E-state index in [1.165, 1.54) is 31.2 Å². The van der Waals surface area contributed by atoms with Gasteiger partial charge in [0.1, 0.15) is 0 Å². The van der Waals surface area contributed by atoms with Crippen LogP contribution in [-0.2, 0) is 10.2 Å². The van der Waals surface area contributed by atoms with E-state index in [4.69, 9.17) is 0 Å². The zero-order valence-corrected chi connectivity index (χ0v) is 11.5. The molecule has 0 aromatic heterocycles. The molecule has 1 aliphatic rings. The molecule has 1 aromatic rings. The number of rotatable bonds is 4. The predicted molar refractivity (Wildman–Crippen MR) is 73.4 cm³/mol. The van der Waals surface area contributed by atoms with E-state index in [9.17, 15) is 4.79 Å². The summed E-state index contributed by atoms with van der Waals surface area (Å²) in [5.41, 5.74) is 1.53. The first-order valence-corrected chi connectivity index (χ1v) is 7.27. The molecule has 0 atom stereocenters. The summed E-state index contributed by atoms with van der Waals surface area (Å²) in [5.74, 6) is 0.0761. The maximum atomic E-state index is 11.4. The molecule has 92 valence electrons. The van der Waals surface area contributed by atoms with Crippen molar-refractivity contribution in [2.24, 2.45) is 0 Å². The number of alkyl halides is 1. The van der Waals surface area contributed by atoms with Gasteiger partial charge in [-0.15, -0.1) is 0 Å². The van der Waals surface area contributed by atoms with Crippen LogP contribution in [-0.4, -0.2) is 17.8 Å². The van der Waals surface area contributed by atoms with Crippen molar-refractivity contribution >= 4 is 21.8 Å². The van der Waals surface area contributed by atoms with Crippen LogP contribution in [0.5, 0.6) is 0 Å². The molecule has 1 aromatic carbocycles. The minimum atomic E-state index is 0.0761. The van der Waals surface area contributed by atoms with Crippen molar-refractivity contribution in [3.8, 4) is 0 Å². The van der Waals surface area contributed by atoms with Gasteiger partial charge in [0.15, 0.2) is 0 Å². The third kappa shape index (κ3) is 2.89. The normalized spacial score (nSPS) is 17.9. The SMILES string of the molecule is O=C(CBr)NCC1(c2ccccc2)CCCC1. The van der Waals surface area contributed by atoms with Gasteiger partial charge in [-0.2, -0.15) is 0 Å². The summed E-state index contributed by atoms with van der Waals surface area (Å²) in [6.45, 7) is 0.765. The molecule has 1 amide bonds. The highest BCUT2D eigenvalue weighted by atomic mass is 79.9. The van der Waals surface area contributed by atoms with Crippen LogP contribution in [0.25, 0.3) is 0 Å². The second-order valence-electron chi connectivity index (χ2n) is 4.76. The van der Waals surface area contributed by atoms with E-state index in [2.05, 4.69) is 45.5 Å². The number of hydrogen-bond acceptors (Lipinski definition) is 1. The summed E-state index contributed by atoms with van der Waals surface area (Å²) in [6, 6.07) is 10.6. The summed E-state index contributed by atoms with van der Waals surface area (Å²) in [4.78, 5) is 11.4. The Kier molecular flexibility index (Phi) is 4.21. The van der Waals surface area contributed by atoms with Crippen molar-refractivity contribution in [3.63, 3.8) is 0 Å². The quantitative estimate of drug-likeness (QED) is 0.850. The van der Waals surface area contributed by atoms with Gasteiger partial charge in [-0.3, -0.25) is 4.79 Å². The average Bonchev–Trinajstić information content (AvgIpc) is 2.87. The lowest BCUT2D eigenvalue weighted by atomic mass is 9.79. The smallest absolute Gasteiger partial charge is 0.230 e. The molecule has 0 aliphatic heterocycles. The highest BCUT2D eigenvalue weighted by Gasteiger charge is 2.35. The van der Waals surface area contributed by atoms with Gasteiger partial charge in [-0.1, -0.05) is 59.1 Å². The van der Waals surface area contributed by atoms with Crippen molar-refractivity contribution < 1.29 is 4.79 Å². The fraction of sp³-hybridized carbons (Fsp3) is 0.500. The molecule has 0 unspecified atom stereocenters. The summed E-state index contributed by atoms with van der Waals surface area (Å²) in [5, 5.41) is 3.41. The molecule has 3 heteroatoms. The fourth-order valence-electron chi connectivity index (χ4n) is 2.73. The van der Waals surface area contributed by atoms with Crippen molar-refractivity contribution in [3.05, 3.63) is 35.9 Å². The van der Waals surface area contributed by atoms with Crippen molar-refractivity contribution in [2.75, 3.05) is 11.9 Å². The van der Waals surface area contributed by atoms with Crippen LogP contribution in [0, 0.1) is 0 Å². The lowest BCUT2D eigenvalue weighted by Crippen LogP contribution is -2.39.